The summed E-state index contributed by atoms with van der Waals surface area (Å²) in [6.45, 7) is 5.28. The van der Waals surface area contributed by atoms with Gasteiger partial charge in [0.05, 0.1) is 18.8 Å². The van der Waals surface area contributed by atoms with Crippen LogP contribution in [0.4, 0.5) is 0 Å². The van der Waals surface area contributed by atoms with Crippen molar-refractivity contribution >= 4 is 5.97 Å². The van der Waals surface area contributed by atoms with Gasteiger partial charge in [-0.2, -0.15) is 0 Å². The van der Waals surface area contributed by atoms with Gasteiger partial charge in [0.1, 0.15) is 6.10 Å². The number of ether oxygens (including phenoxy) is 2. The van der Waals surface area contributed by atoms with Gasteiger partial charge in [0, 0.05) is 19.6 Å². The second-order valence-corrected chi connectivity index (χ2v) is 4.99. The molecule has 1 fully saturated rings. The molecule has 0 amide bonds. The van der Waals surface area contributed by atoms with E-state index in [2.05, 4.69) is 4.90 Å². The molecule has 1 unspecified atom stereocenters. The van der Waals surface area contributed by atoms with Crippen molar-refractivity contribution in [1.82, 2.24) is 4.90 Å². The maximum atomic E-state index is 11.9. The molecular formula is C14H19NO6. The van der Waals surface area contributed by atoms with E-state index in [-0.39, 0.29) is 11.7 Å². The highest BCUT2D eigenvalue weighted by molar-refractivity contribution is 5.91. The molecular weight excluding hydrogens is 278 g/mol. The number of hydrogen-bond acceptors (Lipinski definition) is 7. The monoisotopic (exact) mass is 297 g/mol. The van der Waals surface area contributed by atoms with Gasteiger partial charge in [0.15, 0.2) is 17.2 Å². The molecule has 1 aromatic carbocycles. The fraction of sp³-hybridized carbons (Fsp3) is 0.500. The Hall–Kier alpha value is -1.99. The average molecular weight is 297 g/mol. The van der Waals surface area contributed by atoms with E-state index in [1.807, 2.05) is 0 Å². The second kappa shape index (κ2) is 6.64. The van der Waals surface area contributed by atoms with Gasteiger partial charge in [-0.15, -0.1) is 0 Å². The first-order valence-corrected chi connectivity index (χ1v) is 6.73. The van der Waals surface area contributed by atoms with E-state index in [9.17, 15) is 20.1 Å². The Morgan fingerprint density at radius 1 is 1.29 bits per heavy atom. The number of phenols is 3. The summed E-state index contributed by atoms with van der Waals surface area (Å²) in [6.07, 6.45) is -0.339. The minimum Gasteiger partial charge on any atom is -0.504 e. The molecule has 1 saturated heterocycles. The Labute approximate surface area is 122 Å². The maximum absolute atomic E-state index is 11.9. The summed E-state index contributed by atoms with van der Waals surface area (Å²) in [5.74, 6) is -2.46. The molecule has 3 N–H and O–H groups in total. The van der Waals surface area contributed by atoms with E-state index in [1.165, 1.54) is 0 Å². The summed E-state index contributed by atoms with van der Waals surface area (Å²) in [4.78, 5) is 14.1. The standard InChI is InChI=1S/C14H19NO6/c1-9(8-15-2-4-20-5-3-15)21-14(19)10-6-11(16)13(18)12(17)7-10/h6-7,9,16-18H,2-5,8H2,1H3. The Bertz CT molecular complexity index is 489. The molecule has 21 heavy (non-hydrogen) atoms. The lowest BCUT2D eigenvalue weighted by molar-refractivity contribution is 0.000403. The van der Waals surface area contributed by atoms with Gasteiger partial charge < -0.3 is 24.8 Å². The molecule has 0 saturated carbocycles. The number of carbonyl (C=O) groups is 1. The fourth-order valence-electron chi connectivity index (χ4n) is 2.16. The topological polar surface area (TPSA) is 99.5 Å². The lowest BCUT2D eigenvalue weighted by atomic mass is 10.2. The first kappa shape index (κ1) is 15.4. The van der Waals surface area contributed by atoms with Crippen LogP contribution in [0.5, 0.6) is 17.2 Å². The molecule has 0 aromatic heterocycles. The number of morpholine rings is 1. The molecule has 1 heterocycles. The van der Waals surface area contributed by atoms with E-state index in [0.29, 0.717) is 19.8 Å². The van der Waals surface area contributed by atoms with Crippen molar-refractivity contribution in [3.63, 3.8) is 0 Å². The van der Waals surface area contributed by atoms with Crippen LogP contribution in [0.15, 0.2) is 12.1 Å². The van der Waals surface area contributed by atoms with Gasteiger partial charge in [-0.1, -0.05) is 0 Å². The molecule has 0 aliphatic carbocycles. The highest BCUT2D eigenvalue weighted by atomic mass is 16.5. The summed E-state index contributed by atoms with van der Waals surface area (Å²) in [5.41, 5.74) is -0.0170. The fourth-order valence-corrected chi connectivity index (χ4v) is 2.16. The van der Waals surface area contributed by atoms with E-state index in [0.717, 1.165) is 25.2 Å². The van der Waals surface area contributed by atoms with E-state index in [4.69, 9.17) is 9.47 Å². The van der Waals surface area contributed by atoms with Gasteiger partial charge in [0.2, 0.25) is 0 Å². The van der Waals surface area contributed by atoms with Gasteiger partial charge in [-0.3, -0.25) is 4.90 Å². The normalized spacial score (nSPS) is 17.4. The van der Waals surface area contributed by atoms with Crippen molar-refractivity contribution in [1.29, 1.82) is 0 Å². The average Bonchev–Trinajstić information content (AvgIpc) is 2.45. The number of carbonyl (C=O) groups excluding carboxylic acids is 1. The molecule has 1 aromatic rings. The largest absolute Gasteiger partial charge is 0.504 e. The third-order valence-corrected chi connectivity index (χ3v) is 3.23. The van der Waals surface area contributed by atoms with Crippen LogP contribution in [-0.2, 0) is 9.47 Å². The predicted molar refractivity (Wildman–Crippen MR) is 73.6 cm³/mol. The van der Waals surface area contributed by atoms with Gasteiger partial charge in [-0.05, 0) is 19.1 Å². The molecule has 0 bridgehead atoms. The predicted octanol–water partition coefficient (Wildman–Crippen LogP) is 0.681. The van der Waals surface area contributed by atoms with Crippen molar-refractivity contribution in [2.24, 2.45) is 0 Å². The smallest absolute Gasteiger partial charge is 0.338 e. The second-order valence-electron chi connectivity index (χ2n) is 4.99. The zero-order chi connectivity index (χ0) is 15.4. The summed E-state index contributed by atoms with van der Waals surface area (Å²) in [6, 6.07) is 2.11. The van der Waals surface area contributed by atoms with E-state index >= 15 is 0 Å². The maximum Gasteiger partial charge on any atom is 0.338 e. The number of benzene rings is 1. The van der Waals surface area contributed by atoms with Crippen LogP contribution in [0.2, 0.25) is 0 Å². The number of aromatic hydroxyl groups is 3. The number of hydrogen-bond donors (Lipinski definition) is 3. The molecule has 116 valence electrons. The van der Waals surface area contributed by atoms with Crippen molar-refractivity contribution in [3.05, 3.63) is 17.7 Å². The molecule has 7 heteroatoms. The minimum atomic E-state index is -0.665. The van der Waals surface area contributed by atoms with Crippen molar-refractivity contribution < 1.29 is 29.6 Å². The summed E-state index contributed by atoms with van der Waals surface area (Å²) >= 11 is 0. The van der Waals surface area contributed by atoms with Crippen LogP contribution in [0.1, 0.15) is 17.3 Å². The van der Waals surface area contributed by atoms with Crippen LogP contribution in [0.3, 0.4) is 0 Å². The highest BCUT2D eigenvalue weighted by Crippen LogP contribution is 2.35. The zero-order valence-electron chi connectivity index (χ0n) is 11.8. The number of phenolic OH excluding ortho intramolecular Hbond substituents is 3. The molecule has 2 rings (SSSR count). The summed E-state index contributed by atoms with van der Waals surface area (Å²) in [5, 5.41) is 28.0. The van der Waals surface area contributed by atoms with Crippen LogP contribution < -0.4 is 0 Å². The Balaban J connectivity index is 1.94. The van der Waals surface area contributed by atoms with Crippen molar-refractivity contribution in [2.45, 2.75) is 13.0 Å². The molecule has 1 atom stereocenters. The van der Waals surface area contributed by atoms with Crippen LogP contribution in [0, 0.1) is 0 Å². The van der Waals surface area contributed by atoms with Crippen molar-refractivity contribution in [3.8, 4) is 17.2 Å². The Morgan fingerprint density at radius 2 is 1.86 bits per heavy atom. The molecule has 1 aliphatic heterocycles. The number of nitrogens with zero attached hydrogens (tertiary/aromatic N) is 1. The molecule has 1 aliphatic rings. The number of esters is 1. The van der Waals surface area contributed by atoms with Gasteiger partial charge in [0.25, 0.3) is 0 Å². The Morgan fingerprint density at radius 3 is 2.43 bits per heavy atom. The third-order valence-electron chi connectivity index (χ3n) is 3.23. The first-order chi connectivity index (χ1) is 9.97. The SMILES string of the molecule is CC(CN1CCOCC1)OC(=O)c1cc(O)c(O)c(O)c1. The summed E-state index contributed by atoms with van der Waals surface area (Å²) < 4.78 is 10.5. The van der Waals surface area contributed by atoms with Crippen LogP contribution in [0.25, 0.3) is 0 Å². The number of rotatable bonds is 4. The lowest BCUT2D eigenvalue weighted by Gasteiger charge is -2.28. The van der Waals surface area contributed by atoms with E-state index < -0.39 is 23.2 Å². The van der Waals surface area contributed by atoms with Crippen LogP contribution >= 0.6 is 0 Å². The zero-order valence-corrected chi connectivity index (χ0v) is 11.8. The quantitative estimate of drug-likeness (QED) is 0.555. The Kier molecular flexibility index (Phi) is 4.87. The van der Waals surface area contributed by atoms with Gasteiger partial charge in [-0.25, -0.2) is 4.79 Å². The van der Waals surface area contributed by atoms with Crippen LogP contribution in [-0.4, -0.2) is 65.1 Å². The molecule has 0 radical (unpaired) electrons. The summed E-state index contributed by atoms with van der Waals surface area (Å²) in [7, 11) is 0. The molecule has 0 spiro atoms. The van der Waals surface area contributed by atoms with E-state index in [1.54, 1.807) is 6.92 Å². The van der Waals surface area contributed by atoms with Crippen molar-refractivity contribution in [2.75, 3.05) is 32.8 Å². The third kappa shape index (κ3) is 3.99. The lowest BCUT2D eigenvalue weighted by Crippen LogP contribution is -2.41. The van der Waals surface area contributed by atoms with Gasteiger partial charge >= 0.3 is 5.97 Å². The highest BCUT2D eigenvalue weighted by Gasteiger charge is 2.19. The molecule has 7 nitrogen and oxygen atoms in total. The first-order valence-electron chi connectivity index (χ1n) is 6.73. The minimum absolute atomic E-state index is 0.0170.